The van der Waals surface area contributed by atoms with Crippen LogP contribution in [0.25, 0.3) is 11.1 Å². The van der Waals surface area contributed by atoms with Gasteiger partial charge < -0.3 is 9.73 Å². The maximum absolute atomic E-state index is 11.5. The van der Waals surface area contributed by atoms with E-state index in [2.05, 4.69) is 10.3 Å². The van der Waals surface area contributed by atoms with Crippen LogP contribution in [0.15, 0.2) is 27.4 Å². The Balaban J connectivity index is 2.08. The number of anilines is 1. The summed E-state index contributed by atoms with van der Waals surface area (Å²) in [6, 6.07) is 4.65. The first-order chi connectivity index (χ1) is 8.83. The summed E-state index contributed by atoms with van der Waals surface area (Å²) in [4.78, 5) is 24.9. The molecular weight excluding hydrogens is 272 g/mol. The molecule has 0 aliphatic heterocycles. The van der Waals surface area contributed by atoms with Crippen LogP contribution >= 0.6 is 0 Å². The monoisotopic (exact) mass is 284 g/mol. The average Bonchev–Trinajstić information content (AvgIpc) is 2.65. The number of aromatic amines is 1. The molecule has 0 saturated carbocycles. The van der Waals surface area contributed by atoms with Gasteiger partial charge in [-0.05, 0) is 18.2 Å². The number of H-pyrrole nitrogens is 1. The molecule has 2 N–H and O–H groups in total. The van der Waals surface area contributed by atoms with Gasteiger partial charge in [-0.2, -0.15) is 0 Å². The quantitative estimate of drug-likeness (QED) is 0.849. The molecule has 0 fully saturated rings. The van der Waals surface area contributed by atoms with Crippen molar-refractivity contribution in [3.05, 3.63) is 28.7 Å². The van der Waals surface area contributed by atoms with E-state index in [4.69, 9.17) is 4.42 Å². The van der Waals surface area contributed by atoms with Gasteiger partial charge >= 0.3 is 5.76 Å². The molecule has 2 rings (SSSR count). The second-order valence-electron chi connectivity index (χ2n) is 4.15. The number of sulfone groups is 1. The summed E-state index contributed by atoms with van der Waals surface area (Å²) < 4.78 is 26.7. The molecule has 0 radical (unpaired) electrons. The van der Waals surface area contributed by atoms with Gasteiger partial charge in [-0.15, -0.1) is 0 Å². The number of fused-ring (bicyclic) bond motifs is 1. The Morgan fingerprint density at radius 2 is 2.16 bits per heavy atom. The van der Waals surface area contributed by atoms with Gasteiger partial charge in [0.2, 0.25) is 5.91 Å². The number of nitrogens with one attached hydrogen (secondary N) is 2. The van der Waals surface area contributed by atoms with Gasteiger partial charge in [0.1, 0.15) is 9.84 Å². The fourth-order valence-electron chi connectivity index (χ4n) is 1.53. The number of amides is 1. The molecule has 102 valence electrons. The van der Waals surface area contributed by atoms with Gasteiger partial charge in [0.25, 0.3) is 0 Å². The van der Waals surface area contributed by atoms with Crippen LogP contribution in [0.4, 0.5) is 5.69 Å². The lowest BCUT2D eigenvalue weighted by molar-refractivity contribution is -0.115. The number of hydrogen-bond donors (Lipinski definition) is 2. The number of hydrogen-bond acceptors (Lipinski definition) is 5. The molecule has 1 aromatic carbocycles. The zero-order valence-electron chi connectivity index (χ0n) is 10.1. The predicted molar refractivity (Wildman–Crippen MR) is 69.8 cm³/mol. The Morgan fingerprint density at radius 1 is 1.42 bits per heavy atom. The van der Waals surface area contributed by atoms with Crippen LogP contribution in [0, 0.1) is 0 Å². The SMILES string of the molecule is CS(=O)(=O)CCC(=O)Nc1ccc2oc(=O)[nH]c2c1. The first kappa shape index (κ1) is 13.3. The zero-order valence-corrected chi connectivity index (χ0v) is 10.9. The average molecular weight is 284 g/mol. The first-order valence-corrected chi connectivity index (χ1v) is 7.50. The lowest BCUT2D eigenvalue weighted by Crippen LogP contribution is -2.16. The molecule has 0 unspecified atom stereocenters. The van der Waals surface area contributed by atoms with Crippen molar-refractivity contribution in [2.75, 3.05) is 17.3 Å². The molecule has 1 aromatic heterocycles. The molecule has 0 atom stereocenters. The molecule has 1 amide bonds. The first-order valence-electron chi connectivity index (χ1n) is 5.44. The largest absolute Gasteiger partial charge is 0.417 e. The van der Waals surface area contributed by atoms with Gasteiger partial charge in [0.15, 0.2) is 5.58 Å². The maximum Gasteiger partial charge on any atom is 0.417 e. The van der Waals surface area contributed by atoms with Crippen molar-refractivity contribution in [3.63, 3.8) is 0 Å². The van der Waals surface area contributed by atoms with E-state index in [0.717, 1.165) is 6.26 Å². The molecule has 0 spiro atoms. The molecule has 0 aliphatic rings. The van der Waals surface area contributed by atoms with Crippen LogP contribution in [0.2, 0.25) is 0 Å². The highest BCUT2D eigenvalue weighted by Crippen LogP contribution is 2.16. The van der Waals surface area contributed by atoms with Crippen LogP contribution in [0.5, 0.6) is 0 Å². The predicted octanol–water partition coefficient (Wildman–Crippen LogP) is 0.494. The van der Waals surface area contributed by atoms with Crippen molar-refractivity contribution >= 4 is 32.5 Å². The van der Waals surface area contributed by atoms with Gasteiger partial charge in [0.05, 0.1) is 11.3 Å². The third-order valence-corrected chi connectivity index (χ3v) is 3.35. The summed E-state index contributed by atoms with van der Waals surface area (Å²) in [5.41, 5.74) is 1.31. The highest BCUT2D eigenvalue weighted by atomic mass is 32.2. The Hall–Kier alpha value is -2.09. The third-order valence-electron chi connectivity index (χ3n) is 2.40. The third kappa shape index (κ3) is 3.68. The molecule has 0 bridgehead atoms. The van der Waals surface area contributed by atoms with E-state index in [-0.39, 0.29) is 12.2 Å². The molecule has 2 aromatic rings. The molecular formula is C11H12N2O5S. The Kier molecular flexibility index (Phi) is 3.43. The maximum atomic E-state index is 11.5. The summed E-state index contributed by atoms with van der Waals surface area (Å²) in [5, 5.41) is 2.55. The Labute approximate surface area is 108 Å². The van der Waals surface area contributed by atoms with Gasteiger partial charge in [-0.1, -0.05) is 0 Å². The normalized spacial score (nSPS) is 11.6. The van der Waals surface area contributed by atoms with E-state index in [1.165, 1.54) is 0 Å². The van der Waals surface area contributed by atoms with Crippen LogP contribution < -0.4 is 11.1 Å². The molecule has 8 heteroatoms. The summed E-state index contributed by atoms with van der Waals surface area (Å²) >= 11 is 0. The molecule has 0 saturated heterocycles. The van der Waals surface area contributed by atoms with Crippen molar-refractivity contribution in [2.45, 2.75) is 6.42 Å². The fraction of sp³-hybridized carbons (Fsp3) is 0.273. The van der Waals surface area contributed by atoms with Crippen LogP contribution in [0.1, 0.15) is 6.42 Å². The van der Waals surface area contributed by atoms with Crippen molar-refractivity contribution in [3.8, 4) is 0 Å². The van der Waals surface area contributed by atoms with Gasteiger partial charge in [0, 0.05) is 18.4 Å². The van der Waals surface area contributed by atoms with Crippen LogP contribution in [0.3, 0.4) is 0 Å². The van der Waals surface area contributed by atoms with E-state index >= 15 is 0 Å². The summed E-state index contributed by atoms with van der Waals surface area (Å²) in [6.07, 6.45) is 0.960. The molecule has 1 heterocycles. The van der Waals surface area contributed by atoms with Crippen molar-refractivity contribution in [2.24, 2.45) is 0 Å². The minimum absolute atomic E-state index is 0.112. The summed E-state index contributed by atoms with van der Waals surface area (Å²) in [6.45, 7) is 0. The number of benzene rings is 1. The second-order valence-corrected chi connectivity index (χ2v) is 6.41. The smallest absolute Gasteiger partial charge is 0.408 e. The minimum atomic E-state index is -3.17. The van der Waals surface area contributed by atoms with Gasteiger partial charge in [-0.25, -0.2) is 13.2 Å². The highest BCUT2D eigenvalue weighted by Gasteiger charge is 2.09. The van der Waals surface area contributed by atoms with E-state index < -0.39 is 21.5 Å². The van der Waals surface area contributed by atoms with Crippen molar-refractivity contribution in [1.29, 1.82) is 0 Å². The van der Waals surface area contributed by atoms with E-state index in [9.17, 15) is 18.0 Å². The topological polar surface area (TPSA) is 109 Å². The number of carbonyl (C=O) groups is 1. The Morgan fingerprint density at radius 3 is 2.84 bits per heavy atom. The zero-order chi connectivity index (χ0) is 14.0. The van der Waals surface area contributed by atoms with Crippen LogP contribution in [-0.4, -0.2) is 31.3 Å². The van der Waals surface area contributed by atoms with Crippen LogP contribution in [-0.2, 0) is 14.6 Å². The van der Waals surface area contributed by atoms with E-state index in [0.29, 0.717) is 16.8 Å². The Bertz CT molecular complexity index is 772. The van der Waals surface area contributed by atoms with Gasteiger partial charge in [-0.3, -0.25) is 9.78 Å². The van der Waals surface area contributed by atoms with E-state index in [1.54, 1.807) is 18.2 Å². The lowest BCUT2D eigenvalue weighted by atomic mass is 10.3. The summed E-state index contributed by atoms with van der Waals surface area (Å²) in [5.74, 6) is -1.19. The molecule has 0 aliphatic carbocycles. The van der Waals surface area contributed by atoms with Crippen molar-refractivity contribution in [1.82, 2.24) is 4.98 Å². The molecule has 19 heavy (non-hydrogen) atoms. The second kappa shape index (κ2) is 4.88. The minimum Gasteiger partial charge on any atom is -0.408 e. The number of oxazole rings is 1. The number of rotatable bonds is 4. The summed E-state index contributed by atoms with van der Waals surface area (Å²) in [7, 11) is -3.17. The van der Waals surface area contributed by atoms with E-state index in [1.807, 2.05) is 0 Å². The van der Waals surface area contributed by atoms with Crippen molar-refractivity contribution < 1.29 is 17.6 Å². The highest BCUT2D eigenvalue weighted by molar-refractivity contribution is 7.90. The number of aromatic nitrogens is 1. The molecule has 7 nitrogen and oxygen atoms in total. The fourth-order valence-corrected chi connectivity index (χ4v) is 2.09. The lowest BCUT2D eigenvalue weighted by Gasteiger charge is -2.04. The number of carbonyl (C=O) groups excluding carboxylic acids is 1. The standard InChI is InChI=1S/C11H12N2O5S/c1-19(16,17)5-4-10(14)12-7-2-3-9-8(6-7)13-11(15)18-9/h2-3,6H,4-5H2,1H3,(H,12,14)(H,13,15).